The van der Waals surface area contributed by atoms with Gasteiger partial charge in [-0.15, -0.1) is 11.6 Å². The van der Waals surface area contributed by atoms with E-state index in [9.17, 15) is 9.59 Å². The van der Waals surface area contributed by atoms with E-state index in [1.807, 2.05) is 0 Å². The molecule has 0 radical (unpaired) electrons. The van der Waals surface area contributed by atoms with Crippen molar-refractivity contribution in [3.8, 4) is 11.5 Å². The standard InChI is InChI=1S/C13H13ClO5/c14-6-10(15)3-9(5-13(16)17)8-1-2-11-12(4-8)19-7-18-11/h1-2,4,9H,3,5-7H2,(H,16,17). The smallest absolute Gasteiger partial charge is 0.303 e. The van der Waals surface area contributed by atoms with Crippen LogP contribution in [0.1, 0.15) is 24.3 Å². The van der Waals surface area contributed by atoms with Gasteiger partial charge in [-0.05, 0) is 17.7 Å². The molecule has 2 rings (SSSR count). The van der Waals surface area contributed by atoms with Crippen molar-refractivity contribution in [2.24, 2.45) is 0 Å². The predicted molar refractivity (Wildman–Crippen MR) is 67.9 cm³/mol. The Morgan fingerprint density at radius 1 is 1.26 bits per heavy atom. The third-order valence-corrected chi connectivity index (χ3v) is 3.21. The number of hydrogen-bond donors (Lipinski definition) is 1. The number of benzene rings is 1. The van der Waals surface area contributed by atoms with Gasteiger partial charge < -0.3 is 14.6 Å². The number of Topliss-reactive ketones (excluding diaryl/α,β-unsaturated/α-hetero) is 1. The summed E-state index contributed by atoms with van der Waals surface area (Å²) in [5.74, 6) is -0.442. The molecule has 6 heteroatoms. The van der Waals surface area contributed by atoms with E-state index in [1.165, 1.54) is 0 Å². The van der Waals surface area contributed by atoms with Crippen LogP contribution in [0.3, 0.4) is 0 Å². The molecule has 1 aliphatic rings. The van der Waals surface area contributed by atoms with Gasteiger partial charge in [-0.1, -0.05) is 6.07 Å². The maximum Gasteiger partial charge on any atom is 0.303 e. The quantitative estimate of drug-likeness (QED) is 0.811. The molecule has 0 aliphatic carbocycles. The summed E-state index contributed by atoms with van der Waals surface area (Å²) >= 11 is 5.47. The second-order valence-corrected chi connectivity index (χ2v) is 4.55. The highest BCUT2D eigenvalue weighted by molar-refractivity contribution is 6.27. The normalized spacial score (nSPS) is 14.2. The van der Waals surface area contributed by atoms with E-state index < -0.39 is 11.9 Å². The SMILES string of the molecule is O=C(O)CC(CC(=O)CCl)c1ccc2c(c1)OCO2. The maximum absolute atomic E-state index is 11.4. The second-order valence-electron chi connectivity index (χ2n) is 4.28. The molecule has 5 nitrogen and oxygen atoms in total. The Morgan fingerprint density at radius 3 is 2.68 bits per heavy atom. The molecule has 1 aromatic rings. The molecular weight excluding hydrogens is 272 g/mol. The van der Waals surface area contributed by atoms with Crippen molar-refractivity contribution < 1.29 is 24.2 Å². The van der Waals surface area contributed by atoms with Gasteiger partial charge in [0.25, 0.3) is 0 Å². The summed E-state index contributed by atoms with van der Waals surface area (Å²) in [4.78, 5) is 22.3. The summed E-state index contributed by atoms with van der Waals surface area (Å²) in [6.45, 7) is 0.156. The minimum atomic E-state index is -0.954. The lowest BCUT2D eigenvalue weighted by Gasteiger charge is -2.14. The van der Waals surface area contributed by atoms with Crippen LogP contribution in [-0.2, 0) is 9.59 Å². The predicted octanol–water partition coefficient (Wildman–Crippen LogP) is 2.17. The number of carboxylic acid groups (broad SMARTS) is 1. The minimum Gasteiger partial charge on any atom is -0.481 e. The molecule has 0 aromatic heterocycles. The van der Waals surface area contributed by atoms with Crippen molar-refractivity contribution in [2.45, 2.75) is 18.8 Å². The molecule has 19 heavy (non-hydrogen) atoms. The van der Waals surface area contributed by atoms with Crippen LogP contribution >= 0.6 is 11.6 Å². The van der Waals surface area contributed by atoms with Gasteiger partial charge in [0.2, 0.25) is 6.79 Å². The zero-order valence-electron chi connectivity index (χ0n) is 10.1. The summed E-state index contributed by atoms with van der Waals surface area (Å²) in [6, 6.07) is 5.19. The number of rotatable bonds is 6. The summed E-state index contributed by atoms with van der Waals surface area (Å²) in [7, 11) is 0. The lowest BCUT2D eigenvalue weighted by atomic mass is 9.91. The van der Waals surface area contributed by atoms with E-state index in [4.69, 9.17) is 26.2 Å². The van der Waals surface area contributed by atoms with Crippen molar-refractivity contribution in [3.63, 3.8) is 0 Å². The van der Waals surface area contributed by atoms with Gasteiger partial charge in [0.15, 0.2) is 11.5 Å². The molecule has 1 atom stereocenters. The van der Waals surface area contributed by atoms with Gasteiger partial charge in [-0.25, -0.2) is 0 Å². The summed E-state index contributed by atoms with van der Waals surface area (Å²) < 4.78 is 10.4. The van der Waals surface area contributed by atoms with Gasteiger partial charge in [0, 0.05) is 12.3 Å². The van der Waals surface area contributed by atoms with Crippen LogP contribution in [0, 0.1) is 0 Å². The Kier molecular flexibility index (Phi) is 4.27. The lowest BCUT2D eigenvalue weighted by Crippen LogP contribution is -2.12. The first-order valence-electron chi connectivity index (χ1n) is 5.79. The molecule has 0 saturated heterocycles. The highest BCUT2D eigenvalue weighted by atomic mass is 35.5. The Bertz CT molecular complexity index is 500. The number of ketones is 1. The van der Waals surface area contributed by atoms with E-state index in [0.29, 0.717) is 11.5 Å². The van der Waals surface area contributed by atoms with Crippen LogP contribution in [0.2, 0.25) is 0 Å². The number of fused-ring (bicyclic) bond motifs is 1. The van der Waals surface area contributed by atoms with E-state index in [1.54, 1.807) is 18.2 Å². The summed E-state index contributed by atoms with van der Waals surface area (Å²) in [6.07, 6.45) is -0.0162. The van der Waals surface area contributed by atoms with E-state index >= 15 is 0 Å². The number of ether oxygens (including phenoxy) is 2. The number of carbonyl (C=O) groups excluding carboxylic acids is 1. The molecule has 1 heterocycles. The van der Waals surface area contributed by atoms with Crippen molar-refractivity contribution in [2.75, 3.05) is 12.7 Å². The van der Waals surface area contributed by atoms with E-state index in [0.717, 1.165) is 5.56 Å². The fourth-order valence-corrected chi connectivity index (χ4v) is 2.12. The second kappa shape index (κ2) is 5.93. The number of hydrogen-bond acceptors (Lipinski definition) is 4. The summed E-state index contributed by atoms with van der Waals surface area (Å²) in [5.41, 5.74) is 0.741. The van der Waals surface area contributed by atoms with Gasteiger partial charge in [-0.2, -0.15) is 0 Å². The molecule has 1 N–H and O–H groups in total. The molecule has 0 bridgehead atoms. The third-order valence-electron chi connectivity index (χ3n) is 2.91. The Labute approximate surface area is 115 Å². The van der Waals surface area contributed by atoms with Crippen LogP contribution in [-0.4, -0.2) is 29.5 Å². The Hall–Kier alpha value is -1.75. The first-order chi connectivity index (χ1) is 9.10. The molecule has 1 aromatic carbocycles. The van der Waals surface area contributed by atoms with Crippen LogP contribution in [0.5, 0.6) is 11.5 Å². The number of halogens is 1. The van der Waals surface area contributed by atoms with Crippen molar-refractivity contribution in [1.82, 2.24) is 0 Å². The lowest BCUT2D eigenvalue weighted by molar-refractivity contribution is -0.137. The van der Waals surface area contributed by atoms with Crippen molar-refractivity contribution >= 4 is 23.4 Å². The van der Waals surface area contributed by atoms with Crippen LogP contribution in [0.25, 0.3) is 0 Å². The van der Waals surface area contributed by atoms with E-state index in [-0.39, 0.29) is 31.3 Å². The van der Waals surface area contributed by atoms with Crippen molar-refractivity contribution in [1.29, 1.82) is 0 Å². The molecule has 1 aliphatic heterocycles. The van der Waals surface area contributed by atoms with Gasteiger partial charge in [0.1, 0.15) is 5.78 Å². The number of carbonyl (C=O) groups is 2. The number of carboxylic acids is 1. The zero-order chi connectivity index (χ0) is 13.8. The first kappa shape index (κ1) is 13.7. The monoisotopic (exact) mass is 284 g/mol. The topological polar surface area (TPSA) is 72.8 Å². The largest absolute Gasteiger partial charge is 0.481 e. The Balaban J connectivity index is 2.21. The van der Waals surface area contributed by atoms with Gasteiger partial charge in [0.05, 0.1) is 12.3 Å². The molecule has 0 saturated carbocycles. The van der Waals surface area contributed by atoms with Gasteiger partial charge >= 0.3 is 5.97 Å². The molecule has 1 unspecified atom stereocenters. The average molecular weight is 285 g/mol. The van der Waals surface area contributed by atoms with Crippen LogP contribution in [0.4, 0.5) is 0 Å². The third kappa shape index (κ3) is 3.38. The molecule has 102 valence electrons. The minimum absolute atomic E-state index is 0.107. The fourth-order valence-electron chi connectivity index (χ4n) is 2.02. The zero-order valence-corrected chi connectivity index (χ0v) is 10.9. The molecule has 0 amide bonds. The highest BCUT2D eigenvalue weighted by Gasteiger charge is 2.22. The van der Waals surface area contributed by atoms with Crippen molar-refractivity contribution in [3.05, 3.63) is 23.8 Å². The van der Waals surface area contributed by atoms with Gasteiger partial charge in [-0.3, -0.25) is 9.59 Å². The number of alkyl halides is 1. The highest BCUT2D eigenvalue weighted by Crippen LogP contribution is 2.36. The molecule has 0 spiro atoms. The molecular formula is C13H13ClO5. The van der Waals surface area contributed by atoms with Crippen LogP contribution in [0.15, 0.2) is 18.2 Å². The maximum atomic E-state index is 11.4. The molecule has 0 fully saturated rings. The average Bonchev–Trinajstić information content (AvgIpc) is 2.84. The number of aliphatic carboxylic acids is 1. The summed E-state index contributed by atoms with van der Waals surface area (Å²) in [5, 5.41) is 8.92. The fraction of sp³-hybridized carbons (Fsp3) is 0.385. The van der Waals surface area contributed by atoms with Crippen LogP contribution < -0.4 is 9.47 Å². The Morgan fingerprint density at radius 2 is 2.00 bits per heavy atom. The van der Waals surface area contributed by atoms with E-state index in [2.05, 4.69) is 0 Å². The first-order valence-corrected chi connectivity index (χ1v) is 6.32.